The average molecular weight is 658 g/mol. The van der Waals surface area contributed by atoms with E-state index in [0.717, 1.165) is 42.5 Å². The Morgan fingerprint density at radius 1 is 0.894 bits per heavy atom. The highest BCUT2D eigenvalue weighted by atomic mass is 32.2. The van der Waals surface area contributed by atoms with Gasteiger partial charge in [-0.1, -0.05) is 97.6 Å². The first-order chi connectivity index (χ1) is 22.6. The monoisotopic (exact) mass is 657 g/mol. The largest absolute Gasteiger partial charge is 0.445 e. The summed E-state index contributed by atoms with van der Waals surface area (Å²) in [5, 5.41) is 5.88. The van der Waals surface area contributed by atoms with E-state index in [0.29, 0.717) is 29.7 Å². The molecule has 7 nitrogen and oxygen atoms in total. The number of carbonyl (C=O) groups is 2. The van der Waals surface area contributed by atoms with Gasteiger partial charge in [0.05, 0.1) is 28.1 Å². The molecule has 1 heterocycles. The van der Waals surface area contributed by atoms with Crippen molar-refractivity contribution in [3.8, 4) is 0 Å². The van der Waals surface area contributed by atoms with E-state index in [1.165, 1.54) is 12.8 Å². The number of rotatable bonds is 11. The second-order valence-electron chi connectivity index (χ2n) is 14.4. The molecule has 2 N–H and O–H groups in total. The third-order valence-electron chi connectivity index (χ3n) is 9.51. The summed E-state index contributed by atoms with van der Waals surface area (Å²) in [7, 11) is -1.49. The third-order valence-corrected chi connectivity index (χ3v) is 11.3. The molecule has 1 aliphatic carbocycles. The van der Waals surface area contributed by atoms with Crippen molar-refractivity contribution in [2.24, 2.45) is 11.8 Å². The Balaban J connectivity index is 1.48. The molecule has 47 heavy (non-hydrogen) atoms. The van der Waals surface area contributed by atoms with Gasteiger partial charge in [-0.05, 0) is 82.1 Å². The van der Waals surface area contributed by atoms with Crippen LogP contribution in [0.3, 0.4) is 0 Å². The number of hydrogen-bond donors (Lipinski definition) is 2. The number of alkyl carbamates (subject to hydrolysis) is 1. The molecule has 2 aliphatic rings. The van der Waals surface area contributed by atoms with Gasteiger partial charge in [0.1, 0.15) is 6.61 Å². The van der Waals surface area contributed by atoms with Gasteiger partial charge in [0.2, 0.25) is 5.91 Å². The normalized spacial score (nSPS) is 21.9. The lowest BCUT2D eigenvalue weighted by Crippen LogP contribution is -2.61. The first-order valence-corrected chi connectivity index (χ1v) is 18.3. The molecule has 0 spiro atoms. The minimum Gasteiger partial charge on any atom is -0.445 e. The van der Waals surface area contributed by atoms with Crippen LogP contribution in [0.25, 0.3) is 0 Å². The predicted molar refractivity (Wildman–Crippen MR) is 188 cm³/mol. The fourth-order valence-corrected chi connectivity index (χ4v) is 8.65. The molecule has 252 valence electrons. The molecule has 3 aromatic rings. The molecule has 6 atom stereocenters. The maximum atomic E-state index is 14.7. The summed E-state index contributed by atoms with van der Waals surface area (Å²) in [6.45, 7) is 9.38. The van der Waals surface area contributed by atoms with Crippen molar-refractivity contribution in [1.82, 2.24) is 15.5 Å². The van der Waals surface area contributed by atoms with Crippen molar-refractivity contribution in [2.45, 2.75) is 101 Å². The van der Waals surface area contributed by atoms with Crippen molar-refractivity contribution in [3.05, 3.63) is 102 Å². The third kappa shape index (κ3) is 10.0. The molecule has 0 aromatic heterocycles. The smallest absolute Gasteiger partial charge is 0.407 e. The van der Waals surface area contributed by atoms with E-state index in [1.807, 2.05) is 113 Å². The van der Waals surface area contributed by atoms with Crippen LogP contribution in [0.5, 0.6) is 0 Å². The predicted octanol–water partition coefficient (Wildman–Crippen LogP) is 6.80. The van der Waals surface area contributed by atoms with Gasteiger partial charge in [0.15, 0.2) is 0 Å². The maximum absolute atomic E-state index is 14.7. The van der Waals surface area contributed by atoms with Crippen molar-refractivity contribution in [3.63, 3.8) is 0 Å². The Morgan fingerprint density at radius 2 is 1.51 bits per heavy atom. The quantitative estimate of drug-likeness (QED) is 0.237. The lowest BCUT2D eigenvalue weighted by atomic mass is 9.72. The van der Waals surface area contributed by atoms with Gasteiger partial charge < -0.3 is 15.4 Å². The van der Waals surface area contributed by atoms with Gasteiger partial charge in [-0.2, -0.15) is 0 Å². The van der Waals surface area contributed by atoms with Crippen molar-refractivity contribution in [2.75, 3.05) is 13.1 Å². The molecule has 1 saturated carbocycles. The Labute approximate surface area is 283 Å². The number of fused-ring (bicyclic) bond motifs is 1. The zero-order chi connectivity index (χ0) is 33.4. The van der Waals surface area contributed by atoms with Crippen LogP contribution in [0.4, 0.5) is 4.79 Å². The van der Waals surface area contributed by atoms with Crippen molar-refractivity contribution >= 4 is 22.8 Å². The van der Waals surface area contributed by atoms with E-state index in [1.54, 1.807) is 0 Å². The summed E-state index contributed by atoms with van der Waals surface area (Å²) in [6, 6.07) is 26.5. The SMILES string of the molecule is Cc1ccc([S@@](=O)[C@H](CN2C[C@H]3CCCC[C@H]3C[C@H]2C(=O)NC(C)(C)C)[C@@H](Cc2ccccc2)NC(=O)OCc2ccccc2)cc1. The number of likely N-dealkylation sites (tertiary alicyclic amines) is 1. The van der Waals surface area contributed by atoms with E-state index in [-0.39, 0.29) is 24.1 Å². The Bertz CT molecular complexity index is 1480. The number of ether oxygens (including phenoxy) is 1. The average Bonchev–Trinajstić information content (AvgIpc) is 3.06. The fraction of sp³-hybridized carbons (Fsp3) is 0.487. The minimum absolute atomic E-state index is 0.0243. The highest BCUT2D eigenvalue weighted by Gasteiger charge is 2.43. The fourth-order valence-electron chi connectivity index (χ4n) is 7.11. The zero-order valence-corrected chi connectivity index (χ0v) is 29.1. The molecule has 2 amide bonds. The van der Waals surface area contributed by atoms with Gasteiger partial charge >= 0.3 is 6.09 Å². The Hall–Kier alpha value is -3.49. The summed E-state index contributed by atoms with van der Waals surface area (Å²) in [6.07, 6.45) is 5.45. The number of benzene rings is 3. The summed E-state index contributed by atoms with van der Waals surface area (Å²) in [4.78, 5) is 30.3. The van der Waals surface area contributed by atoms with Gasteiger partial charge in [-0.3, -0.25) is 13.9 Å². The van der Waals surface area contributed by atoms with Crippen molar-refractivity contribution in [1.29, 1.82) is 0 Å². The molecular formula is C39H51N3O4S. The first-order valence-electron chi connectivity index (χ1n) is 17.1. The molecule has 1 saturated heterocycles. The first kappa shape index (κ1) is 34.8. The van der Waals surface area contributed by atoms with Gasteiger partial charge in [0.25, 0.3) is 0 Å². The number of hydrogen-bond acceptors (Lipinski definition) is 5. The Kier molecular flexibility index (Phi) is 11.9. The van der Waals surface area contributed by atoms with Crippen LogP contribution >= 0.6 is 0 Å². The standard InChI is InChI=1S/C39H51N3O4S/c1-28-19-21-33(22-20-28)47(45)36(26-42-25-32-18-12-11-17-31(32)24-35(42)37(43)41-39(2,3)4)34(23-29-13-7-5-8-14-29)40-38(44)46-27-30-15-9-6-10-16-30/h5-10,13-16,19-22,31-32,34-36H,11-12,17-18,23-27H2,1-4H3,(H,40,44)(H,41,43)/t31-,32+,34+,35-,36+,47+/m0/s1. The van der Waals surface area contributed by atoms with Gasteiger partial charge in [0, 0.05) is 23.5 Å². The molecule has 0 radical (unpaired) electrons. The number of nitrogens with one attached hydrogen (secondary N) is 2. The molecule has 0 unspecified atom stereocenters. The summed E-state index contributed by atoms with van der Waals surface area (Å²) >= 11 is 0. The lowest BCUT2D eigenvalue weighted by Gasteiger charge is -2.47. The second kappa shape index (κ2) is 16.1. The van der Waals surface area contributed by atoms with Crippen LogP contribution in [0.15, 0.2) is 89.8 Å². The van der Waals surface area contributed by atoms with E-state index >= 15 is 0 Å². The van der Waals surface area contributed by atoms with E-state index in [4.69, 9.17) is 4.74 Å². The molecule has 8 heteroatoms. The summed E-state index contributed by atoms with van der Waals surface area (Å²) < 4.78 is 20.4. The zero-order valence-electron chi connectivity index (χ0n) is 28.3. The van der Waals surface area contributed by atoms with E-state index in [2.05, 4.69) is 15.5 Å². The Morgan fingerprint density at radius 3 is 2.15 bits per heavy atom. The molecular weight excluding hydrogens is 607 g/mol. The van der Waals surface area contributed by atoms with Crippen LogP contribution in [0.1, 0.15) is 69.6 Å². The second-order valence-corrected chi connectivity index (χ2v) is 16.1. The molecule has 1 aliphatic heterocycles. The van der Waals surface area contributed by atoms with Crippen LogP contribution in [0, 0.1) is 18.8 Å². The minimum atomic E-state index is -1.49. The van der Waals surface area contributed by atoms with Crippen LogP contribution in [-0.4, -0.2) is 57.1 Å². The molecule has 5 rings (SSSR count). The number of carbonyl (C=O) groups excluding carboxylic acids is 2. The highest BCUT2D eigenvalue weighted by molar-refractivity contribution is 7.85. The van der Waals surface area contributed by atoms with Gasteiger partial charge in [-0.25, -0.2) is 4.79 Å². The number of piperidine rings is 1. The van der Waals surface area contributed by atoms with Crippen molar-refractivity contribution < 1.29 is 18.5 Å². The molecule has 0 bridgehead atoms. The van der Waals surface area contributed by atoms with E-state index < -0.39 is 28.2 Å². The molecule has 3 aromatic carbocycles. The number of nitrogens with zero attached hydrogens (tertiary/aromatic N) is 1. The molecule has 2 fully saturated rings. The summed E-state index contributed by atoms with van der Waals surface area (Å²) in [5.74, 6) is 1.05. The van der Waals surface area contributed by atoms with Crippen LogP contribution in [0.2, 0.25) is 0 Å². The van der Waals surface area contributed by atoms with Crippen LogP contribution < -0.4 is 10.6 Å². The highest BCUT2D eigenvalue weighted by Crippen LogP contribution is 2.39. The number of amides is 2. The van der Waals surface area contributed by atoms with Crippen LogP contribution in [-0.2, 0) is 33.4 Å². The summed E-state index contributed by atoms with van der Waals surface area (Å²) in [5.41, 5.74) is 2.64. The lowest BCUT2D eigenvalue weighted by molar-refractivity contribution is -0.131. The van der Waals surface area contributed by atoms with Gasteiger partial charge in [-0.15, -0.1) is 0 Å². The van der Waals surface area contributed by atoms with E-state index in [9.17, 15) is 13.8 Å². The maximum Gasteiger partial charge on any atom is 0.407 e. The number of aryl methyl sites for hydroxylation is 1. The topological polar surface area (TPSA) is 87.7 Å².